The zero-order valence-corrected chi connectivity index (χ0v) is 12.2. The van der Waals surface area contributed by atoms with E-state index in [-0.39, 0.29) is 6.04 Å². The third-order valence-corrected chi connectivity index (χ3v) is 3.74. The standard InChI is InChI=1S/C14H20N4S/c1-3-12(9-15)16-14-17-13(18-19-14)8-11-6-4-10(2)5-7-11/h4-7,12H,3,8-9,15H2,1-2H3,(H,16,17,18). The lowest BCUT2D eigenvalue weighted by atomic mass is 10.1. The number of anilines is 1. The lowest BCUT2D eigenvalue weighted by molar-refractivity contribution is 0.702. The highest BCUT2D eigenvalue weighted by atomic mass is 32.1. The Bertz CT molecular complexity index is 502. The van der Waals surface area contributed by atoms with Crippen molar-refractivity contribution in [3.63, 3.8) is 0 Å². The second-order valence-corrected chi connectivity index (χ2v) is 5.42. The highest BCUT2D eigenvalue weighted by Crippen LogP contribution is 2.16. The molecule has 102 valence electrons. The first-order valence-electron chi connectivity index (χ1n) is 6.56. The maximum atomic E-state index is 5.67. The van der Waals surface area contributed by atoms with Crippen molar-refractivity contribution in [3.05, 3.63) is 41.2 Å². The van der Waals surface area contributed by atoms with Crippen LogP contribution in [0.2, 0.25) is 0 Å². The van der Waals surface area contributed by atoms with Gasteiger partial charge in [0.1, 0.15) is 5.82 Å². The Labute approximate surface area is 118 Å². The van der Waals surface area contributed by atoms with Crippen LogP contribution in [-0.4, -0.2) is 21.9 Å². The molecule has 0 fully saturated rings. The van der Waals surface area contributed by atoms with Gasteiger partial charge < -0.3 is 11.1 Å². The summed E-state index contributed by atoms with van der Waals surface area (Å²) in [6.07, 6.45) is 1.77. The highest BCUT2D eigenvalue weighted by Gasteiger charge is 2.08. The van der Waals surface area contributed by atoms with Gasteiger partial charge in [-0.2, -0.15) is 4.37 Å². The van der Waals surface area contributed by atoms with Crippen LogP contribution < -0.4 is 11.1 Å². The molecule has 0 aliphatic rings. The fraction of sp³-hybridized carbons (Fsp3) is 0.429. The summed E-state index contributed by atoms with van der Waals surface area (Å²) < 4.78 is 4.38. The van der Waals surface area contributed by atoms with Gasteiger partial charge in [0.25, 0.3) is 0 Å². The molecular weight excluding hydrogens is 256 g/mol. The van der Waals surface area contributed by atoms with Gasteiger partial charge in [0.15, 0.2) is 0 Å². The van der Waals surface area contributed by atoms with E-state index in [1.165, 1.54) is 22.7 Å². The fourth-order valence-electron chi connectivity index (χ4n) is 1.78. The smallest absolute Gasteiger partial charge is 0.202 e. The topological polar surface area (TPSA) is 63.8 Å². The van der Waals surface area contributed by atoms with Crippen LogP contribution in [0.1, 0.15) is 30.3 Å². The maximum absolute atomic E-state index is 5.67. The lowest BCUT2D eigenvalue weighted by Crippen LogP contribution is -2.27. The van der Waals surface area contributed by atoms with E-state index in [4.69, 9.17) is 5.73 Å². The summed E-state index contributed by atoms with van der Waals surface area (Å²) in [7, 11) is 0. The zero-order chi connectivity index (χ0) is 13.7. The normalized spacial score (nSPS) is 12.4. The molecule has 0 saturated carbocycles. The van der Waals surface area contributed by atoms with E-state index in [1.807, 2.05) is 0 Å². The van der Waals surface area contributed by atoms with Gasteiger partial charge >= 0.3 is 0 Å². The molecule has 0 aliphatic carbocycles. The maximum Gasteiger partial charge on any atom is 0.202 e. The number of aromatic nitrogens is 2. The Hall–Kier alpha value is -1.46. The molecule has 1 aromatic heterocycles. The molecule has 1 heterocycles. The summed E-state index contributed by atoms with van der Waals surface area (Å²) in [5.41, 5.74) is 8.18. The van der Waals surface area contributed by atoms with E-state index in [9.17, 15) is 0 Å². The number of hydrogen-bond donors (Lipinski definition) is 2. The predicted octanol–water partition coefficient (Wildman–Crippen LogP) is 2.59. The molecule has 0 aliphatic heterocycles. The first-order chi connectivity index (χ1) is 9.21. The van der Waals surface area contributed by atoms with Crippen LogP contribution in [0.15, 0.2) is 24.3 Å². The number of rotatable bonds is 6. The number of hydrogen-bond acceptors (Lipinski definition) is 5. The summed E-state index contributed by atoms with van der Waals surface area (Å²) in [5, 5.41) is 4.17. The summed E-state index contributed by atoms with van der Waals surface area (Å²) in [4.78, 5) is 4.50. The van der Waals surface area contributed by atoms with E-state index in [2.05, 4.69) is 52.8 Å². The van der Waals surface area contributed by atoms with Crippen molar-refractivity contribution in [1.82, 2.24) is 9.36 Å². The first-order valence-corrected chi connectivity index (χ1v) is 7.33. The van der Waals surface area contributed by atoms with Crippen LogP contribution in [0.3, 0.4) is 0 Å². The molecule has 3 N–H and O–H groups in total. The zero-order valence-electron chi connectivity index (χ0n) is 11.4. The molecule has 0 amide bonds. The Morgan fingerprint density at radius 1 is 1.32 bits per heavy atom. The molecule has 1 aromatic carbocycles. The molecule has 0 spiro atoms. The van der Waals surface area contributed by atoms with Gasteiger partial charge in [-0.3, -0.25) is 0 Å². The van der Waals surface area contributed by atoms with E-state index in [1.54, 1.807) is 0 Å². The summed E-state index contributed by atoms with van der Waals surface area (Å²) >= 11 is 1.40. The van der Waals surface area contributed by atoms with Crippen LogP contribution in [0, 0.1) is 6.92 Å². The van der Waals surface area contributed by atoms with Crippen molar-refractivity contribution >= 4 is 16.7 Å². The number of benzene rings is 1. The van der Waals surface area contributed by atoms with Crippen molar-refractivity contribution < 1.29 is 0 Å². The van der Waals surface area contributed by atoms with Gasteiger partial charge in [-0.25, -0.2) is 4.98 Å². The van der Waals surface area contributed by atoms with Crippen molar-refractivity contribution in [2.24, 2.45) is 5.73 Å². The van der Waals surface area contributed by atoms with E-state index in [0.717, 1.165) is 23.8 Å². The molecule has 4 nitrogen and oxygen atoms in total. The largest absolute Gasteiger partial charge is 0.356 e. The average Bonchev–Trinajstić information content (AvgIpc) is 2.86. The quantitative estimate of drug-likeness (QED) is 0.851. The van der Waals surface area contributed by atoms with E-state index in [0.29, 0.717) is 6.54 Å². The third-order valence-electron chi connectivity index (χ3n) is 3.06. The highest BCUT2D eigenvalue weighted by molar-refractivity contribution is 7.09. The molecule has 0 saturated heterocycles. The summed E-state index contributed by atoms with van der Waals surface area (Å²) in [6, 6.07) is 8.75. The van der Waals surface area contributed by atoms with Gasteiger partial charge in [-0.05, 0) is 18.9 Å². The molecule has 1 unspecified atom stereocenters. The molecular formula is C14H20N4S. The molecule has 1 atom stereocenters. The molecule has 2 aromatic rings. The fourth-order valence-corrected chi connectivity index (χ4v) is 2.44. The monoisotopic (exact) mass is 276 g/mol. The van der Waals surface area contributed by atoms with Crippen molar-refractivity contribution in [2.75, 3.05) is 11.9 Å². The van der Waals surface area contributed by atoms with Crippen LogP contribution in [-0.2, 0) is 6.42 Å². The molecule has 19 heavy (non-hydrogen) atoms. The van der Waals surface area contributed by atoms with Crippen molar-refractivity contribution in [3.8, 4) is 0 Å². The minimum absolute atomic E-state index is 0.278. The number of aryl methyl sites for hydroxylation is 1. The van der Waals surface area contributed by atoms with E-state index >= 15 is 0 Å². The minimum Gasteiger partial charge on any atom is -0.356 e. The van der Waals surface area contributed by atoms with Crippen LogP contribution in [0.4, 0.5) is 5.13 Å². The van der Waals surface area contributed by atoms with Crippen molar-refractivity contribution in [1.29, 1.82) is 0 Å². The molecule has 5 heteroatoms. The van der Waals surface area contributed by atoms with Crippen LogP contribution >= 0.6 is 11.5 Å². The van der Waals surface area contributed by atoms with Gasteiger partial charge in [-0.15, -0.1) is 0 Å². The second kappa shape index (κ2) is 6.63. The number of nitrogens with zero attached hydrogens (tertiary/aromatic N) is 2. The average molecular weight is 276 g/mol. The molecule has 0 radical (unpaired) electrons. The number of nitrogens with two attached hydrogens (primary N) is 1. The van der Waals surface area contributed by atoms with Gasteiger partial charge in [-0.1, -0.05) is 36.8 Å². The first kappa shape index (κ1) is 14.0. The van der Waals surface area contributed by atoms with Crippen molar-refractivity contribution in [2.45, 2.75) is 32.7 Å². The number of nitrogens with one attached hydrogen (secondary N) is 1. The summed E-state index contributed by atoms with van der Waals surface area (Å²) in [6.45, 7) is 4.81. The molecule has 2 rings (SSSR count). The van der Waals surface area contributed by atoms with Crippen LogP contribution in [0.5, 0.6) is 0 Å². The Kier molecular flexibility index (Phi) is 4.87. The summed E-state index contributed by atoms with van der Waals surface area (Å²) in [5.74, 6) is 0.864. The van der Waals surface area contributed by atoms with Gasteiger partial charge in [0, 0.05) is 30.5 Å². The van der Waals surface area contributed by atoms with E-state index < -0.39 is 0 Å². The Morgan fingerprint density at radius 3 is 2.68 bits per heavy atom. The lowest BCUT2D eigenvalue weighted by Gasteiger charge is -2.12. The SMILES string of the molecule is CCC(CN)Nc1nc(Cc2ccc(C)cc2)ns1. The predicted molar refractivity (Wildman–Crippen MR) is 80.7 cm³/mol. The molecule has 0 bridgehead atoms. The Balaban J connectivity index is 1.99. The minimum atomic E-state index is 0.278. The second-order valence-electron chi connectivity index (χ2n) is 4.66. The Morgan fingerprint density at radius 2 is 2.05 bits per heavy atom. The van der Waals surface area contributed by atoms with Crippen LogP contribution in [0.25, 0.3) is 0 Å². The van der Waals surface area contributed by atoms with Gasteiger partial charge in [0.2, 0.25) is 5.13 Å². The van der Waals surface area contributed by atoms with Gasteiger partial charge in [0.05, 0.1) is 0 Å². The third kappa shape index (κ3) is 4.01.